The van der Waals surface area contributed by atoms with Crippen molar-refractivity contribution in [3.8, 4) is 0 Å². The Hall–Kier alpha value is -0.770. The molecule has 0 aromatic heterocycles. The predicted molar refractivity (Wildman–Crippen MR) is 86.6 cm³/mol. The van der Waals surface area contributed by atoms with Crippen LogP contribution in [-0.2, 0) is 4.79 Å². The molecule has 1 amide bonds. The van der Waals surface area contributed by atoms with E-state index in [-0.39, 0.29) is 24.4 Å². The summed E-state index contributed by atoms with van der Waals surface area (Å²) in [7, 11) is 0. The summed E-state index contributed by atoms with van der Waals surface area (Å²) >= 11 is 6.07. The fraction of sp³-hybridized carbons (Fsp3) is 0.533. The molecule has 3 nitrogen and oxygen atoms in total. The van der Waals surface area contributed by atoms with E-state index in [4.69, 9.17) is 17.3 Å². The molecule has 5 heteroatoms. The van der Waals surface area contributed by atoms with Gasteiger partial charge >= 0.3 is 0 Å². The number of hydrogen-bond acceptors (Lipinski definition) is 2. The minimum atomic E-state index is 0. The summed E-state index contributed by atoms with van der Waals surface area (Å²) in [6, 6.07) is 5.78. The number of benzene rings is 1. The van der Waals surface area contributed by atoms with Crippen LogP contribution in [0.2, 0.25) is 5.02 Å². The van der Waals surface area contributed by atoms with Crippen LogP contribution in [-0.4, -0.2) is 11.9 Å². The molecule has 1 saturated carbocycles. The molecule has 1 aliphatic carbocycles. The van der Waals surface area contributed by atoms with E-state index in [1.165, 1.54) is 12.8 Å². The topological polar surface area (TPSA) is 55.1 Å². The van der Waals surface area contributed by atoms with Gasteiger partial charge in [-0.25, -0.2) is 0 Å². The molecular weight excluding hydrogens is 295 g/mol. The van der Waals surface area contributed by atoms with E-state index in [0.717, 1.165) is 18.4 Å². The third-order valence-electron chi connectivity index (χ3n) is 3.81. The first-order valence-corrected chi connectivity index (χ1v) is 7.25. The van der Waals surface area contributed by atoms with E-state index in [1.54, 1.807) is 6.07 Å². The van der Waals surface area contributed by atoms with Crippen LogP contribution in [0.3, 0.4) is 0 Å². The van der Waals surface area contributed by atoms with Gasteiger partial charge in [0.1, 0.15) is 0 Å². The number of amides is 1. The van der Waals surface area contributed by atoms with Crippen LogP contribution >= 0.6 is 24.0 Å². The fourth-order valence-corrected chi connectivity index (χ4v) is 2.83. The molecule has 1 aromatic carbocycles. The average Bonchev–Trinajstić information content (AvgIpc) is 2.37. The maximum atomic E-state index is 12.1. The average molecular weight is 317 g/mol. The van der Waals surface area contributed by atoms with Crippen LogP contribution < -0.4 is 11.1 Å². The number of carbonyl (C=O) groups is 1. The minimum Gasteiger partial charge on any atom is -0.327 e. The Labute approximate surface area is 131 Å². The van der Waals surface area contributed by atoms with E-state index >= 15 is 0 Å². The highest BCUT2D eigenvalue weighted by Crippen LogP contribution is 2.27. The number of aryl methyl sites for hydroxylation is 1. The van der Waals surface area contributed by atoms with Gasteiger partial charge < -0.3 is 11.1 Å². The number of carbonyl (C=O) groups excluding carboxylic acids is 1. The molecule has 2 unspecified atom stereocenters. The van der Waals surface area contributed by atoms with E-state index in [0.29, 0.717) is 23.0 Å². The summed E-state index contributed by atoms with van der Waals surface area (Å²) in [6.07, 6.45) is 4.94. The first-order chi connectivity index (χ1) is 9.06. The van der Waals surface area contributed by atoms with Crippen LogP contribution in [0.1, 0.15) is 37.7 Å². The van der Waals surface area contributed by atoms with Crippen LogP contribution in [0, 0.1) is 12.8 Å². The normalized spacial score (nSPS) is 21.9. The summed E-state index contributed by atoms with van der Waals surface area (Å²) in [5.41, 5.74) is 7.84. The summed E-state index contributed by atoms with van der Waals surface area (Å²) in [6.45, 7) is 1.98. The molecule has 0 heterocycles. The first kappa shape index (κ1) is 17.3. The van der Waals surface area contributed by atoms with Crippen molar-refractivity contribution in [2.75, 3.05) is 5.32 Å². The highest BCUT2D eigenvalue weighted by Gasteiger charge is 2.24. The molecule has 0 radical (unpaired) electrons. The maximum Gasteiger partial charge on any atom is 0.224 e. The third kappa shape index (κ3) is 4.65. The zero-order chi connectivity index (χ0) is 13.8. The largest absolute Gasteiger partial charge is 0.327 e. The molecular formula is C15H22Cl2N2O. The highest BCUT2D eigenvalue weighted by molar-refractivity contribution is 6.33. The fourth-order valence-electron chi connectivity index (χ4n) is 2.66. The van der Waals surface area contributed by atoms with E-state index < -0.39 is 0 Å². The maximum absolute atomic E-state index is 12.1. The van der Waals surface area contributed by atoms with Gasteiger partial charge in [-0.2, -0.15) is 0 Å². The lowest BCUT2D eigenvalue weighted by molar-refractivity contribution is -0.117. The van der Waals surface area contributed by atoms with Crippen LogP contribution in [0.25, 0.3) is 0 Å². The Morgan fingerprint density at radius 1 is 1.40 bits per heavy atom. The van der Waals surface area contributed by atoms with Crippen molar-refractivity contribution in [3.05, 3.63) is 28.8 Å². The summed E-state index contributed by atoms with van der Waals surface area (Å²) in [5, 5.41) is 3.47. The molecule has 1 fully saturated rings. The first-order valence-electron chi connectivity index (χ1n) is 6.88. The number of hydrogen-bond donors (Lipinski definition) is 2. The number of anilines is 1. The van der Waals surface area contributed by atoms with Crippen molar-refractivity contribution in [3.63, 3.8) is 0 Å². The van der Waals surface area contributed by atoms with Gasteiger partial charge in [0.2, 0.25) is 5.91 Å². The standard InChI is InChI=1S/C15H21ClN2O.ClH/c1-10-6-7-12(16)14(8-10)18-15(19)9-11-4-2-3-5-13(11)17;/h6-8,11,13H,2-5,9,17H2,1H3,(H,18,19);1H. The second-order valence-corrected chi connectivity index (χ2v) is 5.85. The van der Waals surface area contributed by atoms with Gasteiger partial charge in [-0.05, 0) is 43.4 Å². The third-order valence-corrected chi connectivity index (χ3v) is 4.14. The Morgan fingerprint density at radius 3 is 2.80 bits per heavy atom. The lowest BCUT2D eigenvalue weighted by Crippen LogP contribution is -2.35. The second-order valence-electron chi connectivity index (χ2n) is 5.44. The molecule has 0 saturated heterocycles. The van der Waals surface area contributed by atoms with Crippen molar-refractivity contribution in [2.45, 2.75) is 45.1 Å². The molecule has 2 atom stereocenters. The SMILES string of the molecule is Cc1ccc(Cl)c(NC(=O)CC2CCCCC2N)c1.Cl. The van der Waals surface area contributed by atoms with Gasteiger partial charge in [0.15, 0.2) is 0 Å². The molecule has 2 rings (SSSR count). The number of halogens is 2. The molecule has 0 spiro atoms. The molecule has 112 valence electrons. The number of nitrogens with one attached hydrogen (secondary N) is 1. The lowest BCUT2D eigenvalue weighted by Gasteiger charge is -2.28. The number of rotatable bonds is 3. The van der Waals surface area contributed by atoms with Gasteiger partial charge in [0.05, 0.1) is 10.7 Å². The van der Waals surface area contributed by atoms with Crippen molar-refractivity contribution in [1.29, 1.82) is 0 Å². The highest BCUT2D eigenvalue weighted by atomic mass is 35.5. The van der Waals surface area contributed by atoms with Crippen LogP contribution in [0.5, 0.6) is 0 Å². The summed E-state index contributed by atoms with van der Waals surface area (Å²) < 4.78 is 0. The molecule has 1 aromatic rings. The van der Waals surface area contributed by atoms with Crippen molar-refractivity contribution < 1.29 is 4.79 Å². The van der Waals surface area contributed by atoms with Gasteiger partial charge in [-0.15, -0.1) is 12.4 Å². The lowest BCUT2D eigenvalue weighted by atomic mass is 9.83. The van der Waals surface area contributed by atoms with E-state index in [1.807, 2.05) is 19.1 Å². The molecule has 20 heavy (non-hydrogen) atoms. The van der Waals surface area contributed by atoms with Crippen molar-refractivity contribution in [1.82, 2.24) is 0 Å². The summed E-state index contributed by atoms with van der Waals surface area (Å²) in [4.78, 5) is 12.1. The Balaban J connectivity index is 0.00000200. The smallest absolute Gasteiger partial charge is 0.224 e. The van der Waals surface area contributed by atoms with Gasteiger partial charge in [0.25, 0.3) is 0 Å². The predicted octanol–water partition coefficient (Wildman–Crippen LogP) is 3.92. The monoisotopic (exact) mass is 316 g/mol. The Kier molecular flexibility index (Phi) is 6.80. The van der Waals surface area contributed by atoms with Gasteiger partial charge in [0, 0.05) is 12.5 Å². The van der Waals surface area contributed by atoms with Crippen LogP contribution in [0.4, 0.5) is 5.69 Å². The van der Waals surface area contributed by atoms with Crippen LogP contribution in [0.15, 0.2) is 18.2 Å². The number of nitrogens with two attached hydrogens (primary N) is 1. The van der Waals surface area contributed by atoms with E-state index in [2.05, 4.69) is 5.32 Å². The molecule has 1 aliphatic rings. The van der Waals surface area contributed by atoms with Crippen molar-refractivity contribution in [2.24, 2.45) is 11.7 Å². The van der Waals surface area contributed by atoms with Crippen molar-refractivity contribution >= 4 is 35.6 Å². The zero-order valence-electron chi connectivity index (χ0n) is 11.7. The summed E-state index contributed by atoms with van der Waals surface area (Å²) in [5.74, 6) is 0.312. The van der Waals surface area contributed by atoms with Gasteiger partial charge in [-0.3, -0.25) is 4.79 Å². The Bertz CT molecular complexity index is 465. The van der Waals surface area contributed by atoms with E-state index in [9.17, 15) is 4.79 Å². The minimum absolute atomic E-state index is 0. The second kappa shape index (κ2) is 7.87. The quantitative estimate of drug-likeness (QED) is 0.888. The Morgan fingerprint density at radius 2 is 2.10 bits per heavy atom. The van der Waals surface area contributed by atoms with Gasteiger partial charge in [-0.1, -0.05) is 30.5 Å². The molecule has 0 aliphatic heterocycles. The zero-order valence-corrected chi connectivity index (χ0v) is 13.3. The molecule has 0 bridgehead atoms. The molecule has 3 N–H and O–H groups in total.